The number of aliphatic carboxylic acids is 1. The third-order valence-corrected chi connectivity index (χ3v) is 5.13. The lowest BCUT2D eigenvalue weighted by atomic mass is 10.1. The van der Waals surface area contributed by atoms with Crippen LogP contribution in [0.3, 0.4) is 0 Å². The summed E-state index contributed by atoms with van der Waals surface area (Å²) in [6.07, 6.45) is -3.63. The molecule has 2 atom stereocenters. The maximum atomic E-state index is 12.8. The van der Waals surface area contributed by atoms with Gasteiger partial charge in [0.15, 0.2) is 5.96 Å². The molecule has 0 aliphatic heterocycles. The summed E-state index contributed by atoms with van der Waals surface area (Å²) in [4.78, 5) is 47.3. The van der Waals surface area contributed by atoms with Crippen molar-refractivity contribution in [3.05, 3.63) is 63.7 Å². The predicted molar refractivity (Wildman–Crippen MR) is 151 cm³/mol. The van der Waals surface area contributed by atoms with E-state index in [1.165, 1.54) is 30.3 Å². The fourth-order valence-electron chi connectivity index (χ4n) is 3.40. The molecule has 3 rings (SSSR count). The highest BCUT2D eigenvalue weighted by atomic mass is 16.6. The number of aliphatic hydroxyl groups is 1. The van der Waals surface area contributed by atoms with E-state index in [0.29, 0.717) is 0 Å². The van der Waals surface area contributed by atoms with Crippen LogP contribution in [0.1, 0.15) is 43.6 Å². The van der Waals surface area contributed by atoms with Crippen molar-refractivity contribution in [2.75, 3.05) is 0 Å². The predicted octanol–water partition coefficient (Wildman–Crippen LogP) is 2.91. The van der Waals surface area contributed by atoms with E-state index in [1.807, 2.05) is 6.07 Å². The van der Waals surface area contributed by atoms with E-state index in [-0.39, 0.29) is 34.3 Å². The normalized spacial score (nSPS) is 12.2. The quantitative estimate of drug-likeness (QED) is 0.0799. The first-order chi connectivity index (χ1) is 20.6. The summed E-state index contributed by atoms with van der Waals surface area (Å²) in [5.41, 5.74) is 8.86. The number of nitrogens with two attached hydrogens (primary N) is 2. The van der Waals surface area contributed by atoms with Crippen molar-refractivity contribution >= 4 is 29.3 Å². The Morgan fingerprint density at radius 3 is 2.32 bits per heavy atom. The summed E-state index contributed by atoms with van der Waals surface area (Å²) >= 11 is 0. The molecule has 0 aliphatic carbocycles. The second kappa shape index (κ2) is 13.3. The van der Waals surface area contributed by atoms with Crippen LogP contribution < -0.4 is 25.7 Å². The van der Waals surface area contributed by atoms with Crippen LogP contribution in [0, 0.1) is 21.4 Å². The van der Waals surface area contributed by atoms with Crippen molar-refractivity contribution in [3.8, 4) is 35.3 Å². The molecule has 3 aromatic rings. The highest BCUT2D eigenvalue weighted by Crippen LogP contribution is 2.40. The van der Waals surface area contributed by atoms with Crippen LogP contribution in [-0.2, 0) is 9.53 Å². The number of carbonyl (C=O) groups excluding carboxylic acids is 1. The summed E-state index contributed by atoms with van der Waals surface area (Å²) < 4.78 is 21.9. The molecule has 1 aromatic heterocycles. The molecule has 44 heavy (non-hydrogen) atoms. The van der Waals surface area contributed by atoms with Crippen LogP contribution in [-0.4, -0.2) is 60.8 Å². The number of aromatic nitrogens is 2. The van der Waals surface area contributed by atoms with Crippen LogP contribution in [0.2, 0.25) is 0 Å². The Bertz CT molecular complexity index is 1660. The Morgan fingerprint density at radius 2 is 1.75 bits per heavy atom. The lowest BCUT2D eigenvalue weighted by Crippen LogP contribution is -2.37. The van der Waals surface area contributed by atoms with E-state index in [4.69, 9.17) is 30.4 Å². The van der Waals surface area contributed by atoms with Gasteiger partial charge in [-0.25, -0.2) is 14.6 Å². The molecule has 0 amide bonds. The number of nitrogens with zero attached hydrogens (tertiary/aromatic N) is 5. The van der Waals surface area contributed by atoms with E-state index in [1.54, 1.807) is 26.8 Å². The van der Waals surface area contributed by atoms with Gasteiger partial charge in [-0.3, -0.25) is 10.1 Å². The monoisotopic (exact) mass is 609 g/mol. The molecule has 1 heterocycles. The standard InChI is InChI=1S/C27H27N7O10/c1-13(35)20(23(36)37)43-22-19(34(39)40)21(32-26(33-22)42-16-7-5-6-15(10-16)31-25(29)30)41-17-9-8-14(12-28)18(11-17)24(38)44-27(2,3)4/h5-11,13,20,35H,1-4H3,(H,36,37)(H4,29,30,31). The fraction of sp³-hybridized carbons (Fsp3) is 0.259. The zero-order chi connectivity index (χ0) is 32.8. The van der Waals surface area contributed by atoms with Gasteiger partial charge in [0.1, 0.15) is 23.2 Å². The van der Waals surface area contributed by atoms with Crippen LogP contribution in [0.15, 0.2) is 47.5 Å². The second-order valence-corrected chi connectivity index (χ2v) is 9.90. The summed E-state index contributed by atoms with van der Waals surface area (Å²) in [5, 5.41) is 41.1. The molecule has 6 N–H and O–H groups in total. The van der Waals surface area contributed by atoms with Gasteiger partial charge in [0.25, 0.3) is 0 Å². The van der Waals surface area contributed by atoms with Gasteiger partial charge in [-0.1, -0.05) is 6.07 Å². The van der Waals surface area contributed by atoms with Crippen LogP contribution in [0.4, 0.5) is 11.4 Å². The topological polar surface area (TPSA) is 269 Å². The van der Waals surface area contributed by atoms with Crippen molar-refractivity contribution in [1.82, 2.24) is 9.97 Å². The molecule has 0 aliphatic rings. The molecular weight excluding hydrogens is 582 g/mol. The number of benzene rings is 2. The number of carboxylic acids is 1. The minimum atomic E-state index is -2.00. The van der Waals surface area contributed by atoms with E-state index < -0.39 is 58.1 Å². The molecule has 0 saturated carbocycles. The van der Waals surface area contributed by atoms with Crippen LogP contribution >= 0.6 is 0 Å². The first kappa shape index (κ1) is 32.5. The molecule has 0 bridgehead atoms. The van der Waals surface area contributed by atoms with E-state index in [2.05, 4.69) is 15.0 Å². The lowest BCUT2D eigenvalue weighted by Gasteiger charge is -2.20. The van der Waals surface area contributed by atoms with Crippen LogP contribution in [0.25, 0.3) is 0 Å². The Labute approximate surface area is 249 Å². The van der Waals surface area contributed by atoms with Gasteiger partial charge < -0.3 is 40.6 Å². The van der Waals surface area contributed by atoms with Gasteiger partial charge in [0.2, 0.25) is 6.10 Å². The summed E-state index contributed by atoms with van der Waals surface area (Å²) in [6, 6.07) is 10.7. The number of hydrogen-bond acceptors (Lipinski definition) is 13. The number of carboxylic acid groups (broad SMARTS) is 1. The summed E-state index contributed by atoms with van der Waals surface area (Å²) in [7, 11) is 0. The zero-order valence-corrected chi connectivity index (χ0v) is 23.7. The second-order valence-electron chi connectivity index (χ2n) is 9.90. The zero-order valence-electron chi connectivity index (χ0n) is 23.7. The van der Waals surface area contributed by atoms with Crippen LogP contribution in [0.5, 0.6) is 29.3 Å². The van der Waals surface area contributed by atoms with Crippen molar-refractivity contribution in [3.63, 3.8) is 0 Å². The molecule has 2 aromatic carbocycles. The number of carbonyl (C=O) groups is 2. The number of aliphatic hydroxyl groups excluding tert-OH is 1. The maximum absolute atomic E-state index is 12.8. The van der Waals surface area contributed by atoms with Crippen molar-refractivity contribution in [2.45, 2.75) is 45.5 Å². The number of nitro groups is 1. The maximum Gasteiger partial charge on any atom is 0.392 e. The SMILES string of the molecule is CC(O)C(Oc1nc(Oc2cccc(N=C(N)N)c2)nc(Oc2ccc(C#N)c(C(=O)OC(C)(C)C)c2)c1[N+](=O)[O-])C(=O)O. The molecule has 2 unspecified atom stereocenters. The molecular formula is C27H27N7O10. The van der Waals surface area contributed by atoms with Crippen molar-refractivity contribution < 1.29 is 43.7 Å². The number of aliphatic imine (C=N–C) groups is 1. The number of esters is 1. The molecule has 230 valence electrons. The largest absolute Gasteiger partial charge is 0.478 e. The highest BCUT2D eigenvalue weighted by molar-refractivity contribution is 5.93. The average Bonchev–Trinajstić information content (AvgIpc) is 2.89. The Morgan fingerprint density at radius 1 is 1.09 bits per heavy atom. The van der Waals surface area contributed by atoms with Crippen molar-refractivity contribution in [1.29, 1.82) is 5.26 Å². The average molecular weight is 610 g/mol. The third-order valence-electron chi connectivity index (χ3n) is 5.13. The minimum absolute atomic E-state index is 0.0501. The number of ether oxygens (including phenoxy) is 4. The smallest absolute Gasteiger partial charge is 0.392 e. The molecule has 17 nitrogen and oxygen atoms in total. The molecule has 0 radical (unpaired) electrons. The Kier molecular flexibility index (Phi) is 9.83. The number of guanidine groups is 1. The molecule has 0 spiro atoms. The highest BCUT2D eigenvalue weighted by Gasteiger charge is 2.35. The van der Waals surface area contributed by atoms with Gasteiger partial charge in [-0.05, 0) is 58.0 Å². The minimum Gasteiger partial charge on any atom is -0.478 e. The van der Waals surface area contributed by atoms with E-state index >= 15 is 0 Å². The van der Waals surface area contributed by atoms with Gasteiger partial charge in [0, 0.05) is 6.07 Å². The number of nitriles is 1. The first-order valence-electron chi connectivity index (χ1n) is 12.5. The van der Waals surface area contributed by atoms with Gasteiger partial charge in [-0.15, -0.1) is 0 Å². The first-order valence-corrected chi connectivity index (χ1v) is 12.5. The Hall–Kier alpha value is -6.02. The number of hydrogen-bond donors (Lipinski definition) is 4. The summed E-state index contributed by atoms with van der Waals surface area (Å²) in [5.74, 6) is -4.65. The molecule has 0 saturated heterocycles. The molecule has 17 heteroatoms. The third kappa shape index (κ3) is 8.50. The van der Waals surface area contributed by atoms with E-state index in [9.17, 15) is 35.2 Å². The van der Waals surface area contributed by atoms with Gasteiger partial charge in [0.05, 0.1) is 27.8 Å². The van der Waals surface area contributed by atoms with Gasteiger partial charge in [-0.2, -0.15) is 15.2 Å². The van der Waals surface area contributed by atoms with E-state index in [0.717, 1.165) is 13.0 Å². The fourth-order valence-corrected chi connectivity index (χ4v) is 3.40. The van der Waals surface area contributed by atoms with Gasteiger partial charge >= 0.3 is 35.4 Å². The lowest BCUT2D eigenvalue weighted by molar-refractivity contribution is -0.387. The van der Waals surface area contributed by atoms with Crippen molar-refractivity contribution in [2.24, 2.45) is 16.5 Å². The Balaban J connectivity index is 2.18. The number of rotatable bonds is 11. The summed E-state index contributed by atoms with van der Waals surface area (Å²) in [6.45, 7) is 5.95. The molecule has 0 fully saturated rings.